The first-order valence-electron chi connectivity index (χ1n) is 32.4. The zero-order valence-corrected chi connectivity index (χ0v) is 58.3. The average Bonchev–Trinajstić information content (AvgIpc) is 1.69. The summed E-state index contributed by atoms with van der Waals surface area (Å²) in [4.78, 5) is 62.5. The smallest absolute Gasteiger partial charge is 0.389 e. The Morgan fingerprint density at radius 1 is 0.762 bits per heavy atom. The van der Waals surface area contributed by atoms with Crippen LogP contribution in [0.1, 0.15) is 55.7 Å². The molecular formula is C61H75BF2N15O18P3S. The van der Waals surface area contributed by atoms with Gasteiger partial charge in [-0.15, -0.1) is 5.10 Å². The van der Waals surface area contributed by atoms with Crippen molar-refractivity contribution in [2.45, 2.75) is 106 Å². The molecule has 5 aromatic heterocycles. The number of aliphatic hydroxyl groups excluding tert-OH is 1. The van der Waals surface area contributed by atoms with Crippen LogP contribution < -0.4 is 26.4 Å². The van der Waals surface area contributed by atoms with Gasteiger partial charge in [0.1, 0.15) is 72.3 Å². The maximum Gasteiger partial charge on any atom is 0.389 e. The SMILES string of the molecule is B[P@]1(=O)OC[C@H]2O[C@@H](n3cnc4c(N)ncnc43)[C@H](F)[C@@H]2O[P@@](=O)(SCc2ccc(OCCOCCOCCn3nnc4c3-c3ccccc3N(C(=O)CCCCC(=O)NCCCOCC(O)COP(C)(=O)O)Cc3ccccc3-4)cc2)OC[C@H]2O[C@@H](n3cnc4c(N)ncnc43)[C@H](F)[C@@H]2O1. The minimum atomic E-state index is -4.54. The molecule has 2 amide bonds. The Kier molecular flexibility index (Phi) is 24.0. The van der Waals surface area contributed by atoms with E-state index in [9.17, 15) is 28.7 Å². The van der Waals surface area contributed by atoms with Crippen LogP contribution in [0.25, 0.3) is 44.8 Å². The number of alkyl halides is 2. The fourth-order valence-corrected chi connectivity index (χ4v) is 16.7. The normalized spacial score (nSPS) is 24.6. The van der Waals surface area contributed by atoms with Gasteiger partial charge in [0, 0.05) is 49.5 Å². The molecule has 8 aromatic rings. The van der Waals surface area contributed by atoms with Gasteiger partial charge in [0.25, 0.3) is 15.0 Å². The molecule has 4 aliphatic heterocycles. The van der Waals surface area contributed by atoms with Crippen LogP contribution in [0.2, 0.25) is 0 Å². The van der Waals surface area contributed by atoms with Gasteiger partial charge >= 0.3 is 14.4 Å². The van der Waals surface area contributed by atoms with Crippen LogP contribution >= 0.6 is 33.2 Å². The van der Waals surface area contributed by atoms with E-state index in [1.165, 1.54) is 34.4 Å². The quantitative estimate of drug-likeness (QED) is 0.0202. The molecule has 2 unspecified atom stereocenters. The highest BCUT2D eigenvalue weighted by Gasteiger charge is 2.55. The summed E-state index contributed by atoms with van der Waals surface area (Å²) in [7, 11) is -6.81. The average molecular weight is 1480 g/mol. The largest absolute Gasteiger partial charge is 0.491 e. The first-order valence-corrected chi connectivity index (χ1v) is 39.5. The molecule has 7 N–H and O–H groups in total. The molecule has 12 rings (SSSR count). The Bertz CT molecular complexity index is 4340. The maximum absolute atomic E-state index is 17.1. The number of para-hydroxylation sites is 1. The molecule has 3 fully saturated rings. The monoisotopic (exact) mass is 1480 g/mol. The zero-order chi connectivity index (χ0) is 70.8. The Hall–Kier alpha value is -7.28. The summed E-state index contributed by atoms with van der Waals surface area (Å²) in [6.07, 6.45) is -7.56. The van der Waals surface area contributed by atoms with Crippen LogP contribution in [0.3, 0.4) is 0 Å². The summed E-state index contributed by atoms with van der Waals surface area (Å²) in [5.41, 5.74) is 17.9. The highest BCUT2D eigenvalue weighted by molar-refractivity contribution is 8.54. The highest BCUT2D eigenvalue weighted by Crippen LogP contribution is 2.65. The molecule has 540 valence electrons. The molecule has 0 radical (unpaired) electrons. The fourth-order valence-electron chi connectivity index (χ4n) is 11.7. The summed E-state index contributed by atoms with van der Waals surface area (Å²) in [6, 6.07) is 22.3. The molecular weight excluding hydrogens is 1400 g/mol. The van der Waals surface area contributed by atoms with Gasteiger partial charge in [0.05, 0.1) is 90.0 Å². The van der Waals surface area contributed by atoms with E-state index in [0.717, 1.165) is 48.0 Å². The number of hydrogen-bond acceptors (Lipinski definition) is 28. The maximum atomic E-state index is 17.1. The van der Waals surface area contributed by atoms with Crippen LogP contribution in [0.15, 0.2) is 98.1 Å². The third-order valence-corrected chi connectivity index (χ3v) is 22.2. The van der Waals surface area contributed by atoms with Gasteiger partial charge in [0.2, 0.25) is 11.8 Å². The third kappa shape index (κ3) is 18.0. The number of halogens is 2. The van der Waals surface area contributed by atoms with E-state index < -0.39 is 90.4 Å². The van der Waals surface area contributed by atoms with Gasteiger partial charge in [-0.2, -0.15) is 0 Å². The van der Waals surface area contributed by atoms with Crippen LogP contribution in [-0.4, -0.2) is 206 Å². The number of rotatable bonds is 29. The number of ether oxygens (including phenoxy) is 6. The lowest BCUT2D eigenvalue weighted by atomic mass is 9.95. The number of fused-ring (bicyclic) bond motifs is 9. The van der Waals surface area contributed by atoms with Crippen molar-refractivity contribution in [3.63, 3.8) is 0 Å². The van der Waals surface area contributed by atoms with Crippen LogP contribution in [-0.2, 0) is 88.4 Å². The predicted molar refractivity (Wildman–Crippen MR) is 364 cm³/mol. The van der Waals surface area contributed by atoms with E-state index in [-0.39, 0.29) is 117 Å². The second kappa shape index (κ2) is 33.0. The third-order valence-electron chi connectivity index (χ3n) is 16.7. The number of benzene rings is 3. The van der Waals surface area contributed by atoms with E-state index >= 15 is 13.3 Å². The van der Waals surface area contributed by atoms with Gasteiger partial charge in [-0.05, 0) is 60.0 Å². The Balaban J connectivity index is 0.615. The van der Waals surface area contributed by atoms with Gasteiger partial charge in [-0.1, -0.05) is 59.8 Å². The lowest BCUT2D eigenvalue weighted by Crippen LogP contribution is -2.37. The van der Waals surface area contributed by atoms with Crippen molar-refractivity contribution in [1.29, 1.82) is 0 Å². The van der Waals surface area contributed by atoms with Crippen molar-refractivity contribution in [1.82, 2.24) is 59.3 Å². The molecule has 40 heteroatoms. The summed E-state index contributed by atoms with van der Waals surface area (Å²) in [6.45, 7) is -2.78. The molecule has 9 heterocycles. The van der Waals surface area contributed by atoms with Crippen LogP contribution in [0.5, 0.6) is 5.75 Å². The van der Waals surface area contributed by atoms with Gasteiger partial charge in [-0.25, -0.2) is 47.9 Å². The minimum Gasteiger partial charge on any atom is -0.491 e. The number of nitrogens with one attached hydrogen (secondary N) is 1. The van der Waals surface area contributed by atoms with Crippen molar-refractivity contribution in [2.75, 3.05) is 95.6 Å². The number of hydrogen-bond donors (Lipinski definition) is 5. The van der Waals surface area contributed by atoms with Gasteiger partial charge in [0.15, 0.2) is 47.7 Å². The van der Waals surface area contributed by atoms with Crippen molar-refractivity contribution in [2.24, 2.45) is 0 Å². The Morgan fingerprint density at radius 2 is 1.39 bits per heavy atom. The number of amides is 2. The molecule has 33 nitrogen and oxygen atoms in total. The van der Waals surface area contributed by atoms with Crippen molar-refractivity contribution >= 4 is 92.3 Å². The number of nitrogens with zero attached hydrogens (tertiary/aromatic N) is 12. The summed E-state index contributed by atoms with van der Waals surface area (Å²) in [5, 5.41) is 21.9. The summed E-state index contributed by atoms with van der Waals surface area (Å²) < 4.78 is 143. The molecule has 101 heavy (non-hydrogen) atoms. The Labute approximate surface area is 581 Å². The molecule has 3 saturated heterocycles. The number of carbonyl (C=O) groups is 2. The number of aromatic nitrogens is 11. The van der Waals surface area contributed by atoms with Crippen molar-refractivity contribution in [3.05, 3.63) is 109 Å². The second-order valence-electron chi connectivity index (χ2n) is 24.0. The molecule has 0 aliphatic carbocycles. The standard InChI is InChI=1S/C61H75BF2N15O18P3S/c1-98(83,84)91-29-39(80)28-89-21-8-19-67-46(81)13-6-7-14-47(82)76-27-38-9-2-3-10-41(38)50-53(42-11-4-5-12-43(42)76)79(75-74-50)20-22-87-23-24-88-25-26-90-40-17-15-37(16-18-40)32-101-100(86)93-31-45-54(48(63)60(95-45)77-35-72-51-56(65)68-33-70-58(51)77)96-99(62,85)92-30-44-55(97-100)49(64)61(94-44)78-36-73-52-57(66)69-34-71-59(52)78/h2-5,9-12,15-18,33-36,39,44-45,48-49,54-55,60-61,80H,6-8,13-14,19-32,62H2,1H3,(H,67,81)(H,83,84)(H2,65,68,70)(H2,66,69,71)/t39?,44-,45-,48-,49-,54-,55-,60-,61-,99+,100+/m1/s1. The second-order valence-corrected chi connectivity index (χ2v) is 31.9. The van der Waals surface area contributed by atoms with E-state index in [1.807, 2.05) is 48.5 Å². The van der Waals surface area contributed by atoms with Crippen LogP contribution in [0.4, 0.5) is 26.1 Å². The molecule has 4 aliphatic rings. The molecule has 0 spiro atoms. The minimum absolute atomic E-state index is 0.00696. The van der Waals surface area contributed by atoms with E-state index in [0.29, 0.717) is 61.6 Å². The number of imidazole rings is 2. The van der Waals surface area contributed by atoms with E-state index in [4.69, 9.17) is 62.5 Å². The summed E-state index contributed by atoms with van der Waals surface area (Å²) >= 11 is 0.727. The lowest BCUT2D eigenvalue weighted by molar-refractivity contribution is -0.122. The first-order chi connectivity index (χ1) is 48.7. The summed E-state index contributed by atoms with van der Waals surface area (Å²) in [5.74, 6) is 0.298. The van der Waals surface area contributed by atoms with Crippen molar-refractivity contribution < 1.29 is 93.1 Å². The predicted octanol–water partition coefficient (Wildman–Crippen LogP) is 6.06. The Morgan fingerprint density at radius 3 is 2.08 bits per heavy atom. The molecule has 3 aromatic carbocycles. The van der Waals surface area contributed by atoms with E-state index in [1.54, 1.807) is 33.8 Å². The topological polar surface area (TPSA) is 413 Å². The fraction of sp³-hybridized carbons (Fsp3) is 0.475. The van der Waals surface area contributed by atoms with Gasteiger partial charge in [-0.3, -0.25) is 36.9 Å². The number of nitrogen functional groups attached to an aromatic ring is 2. The number of nitrogens with two attached hydrogens (primary N) is 2. The molecule has 0 saturated carbocycles. The number of aliphatic hydroxyl groups is 1. The van der Waals surface area contributed by atoms with Gasteiger partial charge < -0.3 is 73.7 Å². The first kappa shape index (κ1) is 73.5. The molecule has 0 bridgehead atoms. The number of carbonyl (C=O) groups excluding carboxylic acids is 2. The zero-order valence-electron chi connectivity index (χ0n) is 54.8. The lowest BCUT2D eigenvalue weighted by Gasteiger charge is -2.30. The molecule has 12 atom stereocenters. The van der Waals surface area contributed by atoms with Crippen molar-refractivity contribution in [3.8, 4) is 28.3 Å². The van der Waals surface area contributed by atoms with E-state index in [2.05, 4.69) is 45.5 Å². The van der Waals surface area contributed by atoms with Crippen LogP contribution in [0, 0.1) is 0 Å². The number of unbranched alkanes of at least 4 members (excludes halogenated alkanes) is 1. The number of anilines is 3. The highest BCUT2D eigenvalue weighted by atomic mass is 32.7.